The molecule has 0 radical (unpaired) electrons. The van der Waals surface area contributed by atoms with Crippen LogP contribution in [-0.4, -0.2) is 16.9 Å². The second-order valence-electron chi connectivity index (χ2n) is 3.07. The largest absolute Gasteiger partial charge is 0.366 e. The zero-order chi connectivity index (χ0) is 9.68. The Kier molecular flexibility index (Phi) is 4.03. The first kappa shape index (κ1) is 10.3. The summed E-state index contributed by atoms with van der Waals surface area (Å²) in [6.07, 6.45) is 2.80. The van der Waals surface area contributed by atoms with Gasteiger partial charge in [0.15, 0.2) is 0 Å². The summed E-state index contributed by atoms with van der Waals surface area (Å²) >= 11 is 5.78. The molecule has 72 valence electrons. The van der Waals surface area contributed by atoms with Gasteiger partial charge in [-0.3, -0.25) is 0 Å². The van der Waals surface area contributed by atoms with E-state index in [1.54, 1.807) is 6.20 Å². The molecule has 0 fully saturated rings. The molecule has 0 bridgehead atoms. The van der Waals surface area contributed by atoms with Crippen LogP contribution in [0.4, 0.5) is 5.82 Å². The van der Waals surface area contributed by atoms with Crippen molar-refractivity contribution < 1.29 is 0 Å². The fourth-order valence-corrected chi connectivity index (χ4v) is 1.38. The van der Waals surface area contributed by atoms with E-state index in [0.717, 1.165) is 17.8 Å². The minimum atomic E-state index is 0.315. The molecule has 0 amide bonds. The Morgan fingerprint density at radius 2 is 2.38 bits per heavy atom. The van der Waals surface area contributed by atoms with Crippen molar-refractivity contribution in [1.29, 1.82) is 0 Å². The van der Waals surface area contributed by atoms with E-state index in [1.165, 1.54) is 0 Å². The summed E-state index contributed by atoms with van der Waals surface area (Å²) in [6, 6.07) is 4.29. The molecule has 1 unspecified atom stereocenters. The molecule has 1 rings (SSSR count). The highest BCUT2D eigenvalue weighted by molar-refractivity contribution is 6.18. The summed E-state index contributed by atoms with van der Waals surface area (Å²) in [4.78, 5) is 4.24. The van der Waals surface area contributed by atoms with Gasteiger partial charge in [0.25, 0.3) is 0 Å². The van der Waals surface area contributed by atoms with Crippen LogP contribution in [0.5, 0.6) is 0 Å². The Balaban J connectivity index is 2.67. The van der Waals surface area contributed by atoms with E-state index in [2.05, 4.69) is 17.2 Å². The van der Waals surface area contributed by atoms with E-state index in [0.29, 0.717) is 11.9 Å². The van der Waals surface area contributed by atoms with Gasteiger partial charge in [-0.1, -0.05) is 13.0 Å². The number of halogens is 1. The number of hydrogen-bond donors (Lipinski definition) is 1. The molecule has 0 saturated carbocycles. The molecule has 2 nitrogen and oxygen atoms in total. The van der Waals surface area contributed by atoms with Crippen LogP contribution in [0, 0.1) is 6.92 Å². The van der Waals surface area contributed by atoms with Gasteiger partial charge < -0.3 is 5.32 Å². The Bertz CT molecular complexity index is 259. The topological polar surface area (TPSA) is 24.9 Å². The maximum Gasteiger partial charge on any atom is 0.129 e. The number of pyridine rings is 1. The van der Waals surface area contributed by atoms with Gasteiger partial charge in [0.05, 0.1) is 0 Å². The lowest BCUT2D eigenvalue weighted by Crippen LogP contribution is -2.21. The number of hydrogen-bond acceptors (Lipinski definition) is 2. The molecule has 1 heterocycles. The number of alkyl halides is 1. The van der Waals surface area contributed by atoms with Gasteiger partial charge >= 0.3 is 0 Å². The summed E-state index contributed by atoms with van der Waals surface area (Å²) < 4.78 is 0. The molecule has 3 heteroatoms. The second kappa shape index (κ2) is 5.07. The fraction of sp³-hybridized carbons (Fsp3) is 0.500. The molecule has 0 aromatic carbocycles. The predicted octanol–water partition coefficient (Wildman–Crippen LogP) is 2.82. The van der Waals surface area contributed by atoms with Gasteiger partial charge in [-0.25, -0.2) is 4.98 Å². The first-order chi connectivity index (χ1) is 6.27. The normalized spacial score (nSPS) is 12.5. The third-order valence-corrected chi connectivity index (χ3v) is 2.40. The second-order valence-corrected chi connectivity index (χ2v) is 3.38. The van der Waals surface area contributed by atoms with Crippen molar-refractivity contribution >= 4 is 17.4 Å². The molecule has 0 spiro atoms. The summed E-state index contributed by atoms with van der Waals surface area (Å²) in [5.41, 5.74) is 1.16. The number of rotatable bonds is 4. The Morgan fingerprint density at radius 1 is 1.62 bits per heavy atom. The van der Waals surface area contributed by atoms with Crippen molar-refractivity contribution in [2.75, 3.05) is 11.2 Å². The number of aromatic nitrogens is 1. The van der Waals surface area contributed by atoms with Crippen molar-refractivity contribution in [1.82, 2.24) is 4.98 Å². The first-order valence-corrected chi connectivity index (χ1v) is 5.05. The van der Waals surface area contributed by atoms with Crippen LogP contribution >= 0.6 is 11.6 Å². The Hall–Kier alpha value is -0.760. The van der Waals surface area contributed by atoms with Crippen LogP contribution in [-0.2, 0) is 0 Å². The van der Waals surface area contributed by atoms with Gasteiger partial charge in [0, 0.05) is 18.1 Å². The Labute approximate surface area is 84.3 Å². The van der Waals surface area contributed by atoms with Gasteiger partial charge in [-0.2, -0.15) is 0 Å². The number of nitrogens with one attached hydrogen (secondary N) is 1. The van der Waals surface area contributed by atoms with Crippen LogP contribution in [0.2, 0.25) is 0 Å². The van der Waals surface area contributed by atoms with Crippen LogP contribution in [0.15, 0.2) is 18.3 Å². The lowest BCUT2D eigenvalue weighted by molar-refractivity contribution is 0.764. The van der Waals surface area contributed by atoms with Crippen LogP contribution in [0.1, 0.15) is 18.9 Å². The maximum atomic E-state index is 5.78. The summed E-state index contributed by atoms with van der Waals surface area (Å²) in [6.45, 7) is 4.15. The molecular weight excluding hydrogens is 184 g/mol. The average Bonchev–Trinajstić information content (AvgIpc) is 2.17. The van der Waals surface area contributed by atoms with Gasteiger partial charge in [0.1, 0.15) is 5.82 Å². The molecule has 1 aromatic rings. The lowest BCUT2D eigenvalue weighted by Gasteiger charge is -2.15. The highest BCUT2D eigenvalue weighted by Gasteiger charge is 2.05. The minimum Gasteiger partial charge on any atom is -0.366 e. The smallest absolute Gasteiger partial charge is 0.129 e. The van der Waals surface area contributed by atoms with Crippen molar-refractivity contribution in [3.63, 3.8) is 0 Å². The molecule has 0 aliphatic carbocycles. The number of nitrogens with zero attached hydrogens (tertiary/aromatic N) is 1. The van der Waals surface area contributed by atoms with Crippen molar-refractivity contribution in [3.8, 4) is 0 Å². The SMILES string of the molecule is CCC(CCl)Nc1ncccc1C. The van der Waals surface area contributed by atoms with E-state index in [-0.39, 0.29) is 0 Å². The zero-order valence-corrected chi connectivity index (χ0v) is 8.80. The average molecular weight is 199 g/mol. The molecule has 1 N–H and O–H groups in total. The van der Waals surface area contributed by atoms with Crippen LogP contribution in [0.3, 0.4) is 0 Å². The van der Waals surface area contributed by atoms with Gasteiger partial charge in [-0.15, -0.1) is 11.6 Å². The van der Waals surface area contributed by atoms with Crippen LogP contribution in [0.25, 0.3) is 0 Å². The molecule has 13 heavy (non-hydrogen) atoms. The molecular formula is C10H15ClN2. The molecule has 1 aromatic heterocycles. The third kappa shape index (κ3) is 2.88. The molecule has 1 atom stereocenters. The molecule has 0 saturated heterocycles. The van der Waals surface area contributed by atoms with E-state index in [4.69, 9.17) is 11.6 Å². The molecule has 0 aliphatic heterocycles. The summed E-state index contributed by atoms with van der Waals surface area (Å²) in [5, 5.41) is 3.30. The van der Waals surface area contributed by atoms with Crippen molar-refractivity contribution in [2.45, 2.75) is 26.3 Å². The Morgan fingerprint density at radius 3 is 2.92 bits per heavy atom. The van der Waals surface area contributed by atoms with E-state index < -0.39 is 0 Å². The monoisotopic (exact) mass is 198 g/mol. The van der Waals surface area contributed by atoms with E-state index >= 15 is 0 Å². The molecule has 0 aliphatic rings. The van der Waals surface area contributed by atoms with Crippen LogP contribution < -0.4 is 5.32 Å². The van der Waals surface area contributed by atoms with Gasteiger partial charge in [0.2, 0.25) is 0 Å². The van der Waals surface area contributed by atoms with E-state index in [1.807, 2.05) is 19.1 Å². The van der Waals surface area contributed by atoms with E-state index in [9.17, 15) is 0 Å². The highest BCUT2D eigenvalue weighted by Crippen LogP contribution is 2.12. The zero-order valence-electron chi connectivity index (χ0n) is 8.05. The number of anilines is 1. The standard InChI is InChI=1S/C10H15ClN2/c1-3-9(7-11)13-10-8(2)5-4-6-12-10/h4-6,9H,3,7H2,1-2H3,(H,12,13). The van der Waals surface area contributed by atoms with Gasteiger partial charge in [-0.05, 0) is 25.0 Å². The van der Waals surface area contributed by atoms with Crippen molar-refractivity contribution in [2.24, 2.45) is 0 Å². The summed E-state index contributed by atoms with van der Waals surface area (Å²) in [5.74, 6) is 1.56. The maximum absolute atomic E-state index is 5.78. The predicted molar refractivity (Wildman–Crippen MR) is 57.4 cm³/mol. The quantitative estimate of drug-likeness (QED) is 0.753. The lowest BCUT2D eigenvalue weighted by atomic mass is 10.2. The summed E-state index contributed by atoms with van der Waals surface area (Å²) in [7, 11) is 0. The first-order valence-electron chi connectivity index (χ1n) is 4.52. The fourth-order valence-electron chi connectivity index (χ4n) is 1.08. The number of aryl methyl sites for hydroxylation is 1. The highest BCUT2D eigenvalue weighted by atomic mass is 35.5. The minimum absolute atomic E-state index is 0.315. The third-order valence-electron chi connectivity index (χ3n) is 2.03. The van der Waals surface area contributed by atoms with Crippen molar-refractivity contribution in [3.05, 3.63) is 23.9 Å².